The van der Waals surface area contributed by atoms with E-state index in [1.165, 1.54) is 6.42 Å². The van der Waals surface area contributed by atoms with E-state index in [9.17, 15) is 0 Å². The Morgan fingerprint density at radius 2 is 2.10 bits per heavy atom. The molecule has 0 aromatic rings. The van der Waals surface area contributed by atoms with Gasteiger partial charge in [0.25, 0.3) is 0 Å². The van der Waals surface area contributed by atoms with Crippen molar-refractivity contribution in [2.45, 2.75) is 45.3 Å². The highest BCUT2D eigenvalue weighted by Crippen LogP contribution is 2.04. The average molecular weight is 142 g/mol. The quantitative estimate of drug-likeness (QED) is 0.564. The average Bonchev–Trinajstić information content (AvgIpc) is 1.94. The van der Waals surface area contributed by atoms with E-state index in [2.05, 4.69) is 31.4 Å². The summed E-state index contributed by atoms with van der Waals surface area (Å²) < 4.78 is 0. The van der Waals surface area contributed by atoms with Gasteiger partial charge in [-0.05, 0) is 20.3 Å². The molecule has 0 saturated carbocycles. The molecule has 1 rings (SSSR count). The molecular formula is C8H18N2. The summed E-state index contributed by atoms with van der Waals surface area (Å²) in [5.41, 5.74) is 0. The van der Waals surface area contributed by atoms with Crippen molar-refractivity contribution in [2.24, 2.45) is 0 Å². The van der Waals surface area contributed by atoms with Crippen LogP contribution in [0.15, 0.2) is 0 Å². The smallest absolute Gasteiger partial charge is 0.0218 e. The molecule has 3 atom stereocenters. The number of piperazine rings is 1. The Morgan fingerprint density at radius 1 is 1.40 bits per heavy atom. The second-order valence-corrected chi connectivity index (χ2v) is 3.28. The monoisotopic (exact) mass is 142 g/mol. The van der Waals surface area contributed by atoms with Crippen molar-refractivity contribution >= 4 is 0 Å². The highest BCUT2D eigenvalue weighted by atomic mass is 15.1. The largest absolute Gasteiger partial charge is 0.311 e. The first-order chi connectivity index (χ1) is 4.74. The van der Waals surface area contributed by atoms with Crippen molar-refractivity contribution in [2.75, 3.05) is 6.54 Å². The van der Waals surface area contributed by atoms with Gasteiger partial charge in [-0.25, -0.2) is 0 Å². The van der Waals surface area contributed by atoms with Gasteiger partial charge in [-0.2, -0.15) is 0 Å². The third-order valence-corrected chi connectivity index (χ3v) is 2.29. The predicted molar refractivity (Wildman–Crippen MR) is 44.1 cm³/mol. The zero-order valence-corrected chi connectivity index (χ0v) is 7.15. The summed E-state index contributed by atoms with van der Waals surface area (Å²) in [6.07, 6.45) is 1.22. The van der Waals surface area contributed by atoms with Crippen LogP contribution in [-0.2, 0) is 0 Å². The molecule has 0 aromatic heterocycles. The van der Waals surface area contributed by atoms with Gasteiger partial charge < -0.3 is 10.6 Å². The fraction of sp³-hybridized carbons (Fsp3) is 1.00. The molecule has 0 bridgehead atoms. The van der Waals surface area contributed by atoms with Crippen molar-refractivity contribution in [3.63, 3.8) is 0 Å². The summed E-state index contributed by atoms with van der Waals surface area (Å²) in [5, 5.41) is 7.02. The first-order valence-electron chi connectivity index (χ1n) is 4.23. The van der Waals surface area contributed by atoms with Crippen molar-refractivity contribution in [3.8, 4) is 0 Å². The molecule has 0 spiro atoms. The second-order valence-electron chi connectivity index (χ2n) is 3.28. The van der Waals surface area contributed by atoms with Crippen molar-refractivity contribution < 1.29 is 0 Å². The molecule has 0 radical (unpaired) electrons. The molecule has 2 nitrogen and oxygen atoms in total. The van der Waals surface area contributed by atoms with Crippen LogP contribution in [0, 0.1) is 0 Å². The Bertz CT molecular complexity index is 103. The van der Waals surface area contributed by atoms with Crippen LogP contribution in [0.5, 0.6) is 0 Å². The minimum atomic E-state index is 0.640. The van der Waals surface area contributed by atoms with Crippen molar-refractivity contribution in [1.82, 2.24) is 10.6 Å². The molecule has 0 amide bonds. The summed E-state index contributed by atoms with van der Waals surface area (Å²) in [7, 11) is 0. The van der Waals surface area contributed by atoms with Gasteiger partial charge in [-0.1, -0.05) is 6.92 Å². The fourth-order valence-electron chi connectivity index (χ4n) is 1.55. The van der Waals surface area contributed by atoms with Crippen LogP contribution in [-0.4, -0.2) is 24.7 Å². The Labute approximate surface area is 63.4 Å². The van der Waals surface area contributed by atoms with Crippen LogP contribution in [0.1, 0.15) is 27.2 Å². The molecule has 3 unspecified atom stereocenters. The highest BCUT2D eigenvalue weighted by molar-refractivity contribution is 4.86. The maximum Gasteiger partial charge on any atom is 0.0218 e. The number of nitrogens with one attached hydrogen (secondary N) is 2. The summed E-state index contributed by atoms with van der Waals surface area (Å²) in [5.74, 6) is 0. The molecule has 2 heteroatoms. The van der Waals surface area contributed by atoms with Gasteiger partial charge in [-0.15, -0.1) is 0 Å². The highest BCUT2D eigenvalue weighted by Gasteiger charge is 2.21. The van der Waals surface area contributed by atoms with Gasteiger partial charge >= 0.3 is 0 Å². The molecule has 2 N–H and O–H groups in total. The standard InChI is InChI=1S/C8H18N2/c1-4-8-7(3)9-5-6(2)10-8/h6-10H,4-5H2,1-3H3. The van der Waals surface area contributed by atoms with E-state index in [1.807, 2.05) is 0 Å². The molecule has 1 heterocycles. The summed E-state index contributed by atoms with van der Waals surface area (Å²) >= 11 is 0. The van der Waals surface area contributed by atoms with Crippen molar-refractivity contribution in [1.29, 1.82) is 0 Å². The zero-order valence-electron chi connectivity index (χ0n) is 7.15. The van der Waals surface area contributed by atoms with E-state index in [4.69, 9.17) is 0 Å². The molecule has 0 aromatic carbocycles. The van der Waals surface area contributed by atoms with Gasteiger partial charge in [0.05, 0.1) is 0 Å². The van der Waals surface area contributed by atoms with Crippen molar-refractivity contribution in [3.05, 3.63) is 0 Å². The minimum absolute atomic E-state index is 0.640. The fourth-order valence-corrected chi connectivity index (χ4v) is 1.55. The third kappa shape index (κ3) is 1.70. The Hall–Kier alpha value is -0.0800. The second kappa shape index (κ2) is 3.35. The molecule has 1 fully saturated rings. The normalized spacial score (nSPS) is 41.7. The number of hydrogen-bond donors (Lipinski definition) is 2. The maximum atomic E-state index is 3.55. The lowest BCUT2D eigenvalue weighted by Gasteiger charge is -2.34. The summed E-state index contributed by atoms with van der Waals surface area (Å²) in [4.78, 5) is 0. The first-order valence-corrected chi connectivity index (χ1v) is 4.23. The van der Waals surface area contributed by atoms with E-state index in [-0.39, 0.29) is 0 Å². The van der Waals surface area contributed by atoms with E-state index < -0.39 is 0 Å². The molecule has 1 aliphatic heterocycles. The molecule has 10 heavy (non-hydrogen) atoms. The third-order valence-electron chi connectivity index (χ3n) is 2.29. The Kier molecular flexibility index (Phi) is 2.69. The molecule has 1 saturated heterocycles. The minimum Gasteiger partial charge on any atom is -0.311 e. The van der Waals surface area contributed by atoms with Gasteiger partial charge in [0.2, 0.25) is 0 Å². The van der Waals surface area contributed by atoms with Crippen LogP contribution in [0.4, 0.5) is 0 Å². The van der Waals surface area contributed by atoms with Gasteiger partial charge in [-0.3, -0.25) is 0 Å². The van der Waals surface area contributed by atoms with Crippen LogP contribution in [0.3, 0.4) is 0 Å². The van der Waals surface area contributed by atoms with Gasteiger partial charge in [0.15, 0.2) is 0 Å². The lowest BCUT2D eigenvalue weighted by atomic mass is 10.0. The first kappa shape index (κ1) is 8.02. The molecule has 60 valence electrons. The lowest BCUT2D eigenvalue weighted by molar-refractivity contribution is 0.284. The van der Waals surface area contributed by atoms with E-state index in [1.54, 1.807) is 0 Å². The van der Waals surface area contributed by atoms with Crippen LogP contribution >= 0.6 is 0 Å². The number of rotatable bonds is 1. The van der Waals surface area contributed by atoms with Crippen LogP contribution in [0.2, 0.25) is 0 Å². The van der Waals surface area contributed by atoms with E-state index >= 15 is 0 Å². The Morgan fingerprint density at radius 3 is 2.60 bits per heavy atom. The molecule has 1 aliphatic rings. The predicted octanol–water partition coefficient (Wildman–Crippen LogP) is 0.735. The Balaban J connectivity index is 2.38. The SMILES string of the molecule is CCC1NC(C)CNC1C. The van der Waals surface area contributed by atoms with Gasteiger partial charge in [0.1, 0.15) is 0 Å². The maximum absolute atomic E-state index is 3.55. The summed E-state index contributed by atoms with van der Waals surface area (Å²) in [6.45, 7) is 7.81. The van der Waals surface area contributed by atoms with Crippen LogP contribution < -0.4 is 10.6 Å². The lowest BCUT2D eigenvalue weighted by Crippen LogP contribution is -2.58. The topological polar surface area (TPSA) is 24.1 Å². The molecular weight excluding hydrogens is 124 g/mol. The summed E-state index contributed by atoms with van der Waals surface area (Å²) in [6, 6.07) is 1.95. The van der Waals surface area contributed by atoms with E-state index in [0.717, 1.165) is 6.54 Å². The van der Waals surface area contributed by atoms with E-state index in [0.29, 0.717) is 18.1 Å². The number of hydrogen-bond acceptors (Lipinski definition) is 2. The van der Waals surface area contributed by atoms with Gasteiger partial charge in [0, 0.05) is 24.7 Å². The zero-order chi connectivity index (χ0) is 7.56. The van der Waals surface area contributed by atoms with Crippen LogP contribution in [0.25, 0.3) is 0 Å². The molecule has 0 aliphatic carbocycles.